The first-order valence-corrected chi connectivity index (χ1v) is 8.05. The molecule has 7 heteroatoms. The van der Waals surface area contributed by atoms with E-state index in [1.165, 1.54) is 0 Å². The lowest BCUT2D eigenvalue weighted by atomic mass is 10.0. The summed E-state index contributed by atoms with van der Waals surface area (Å²) in [4.78, 5) is 4.48. The summed E-state index contributed by atoms with van der Waals surface area (Å²) in [5, 5.41) is 3.06. The molecule has 0 radical (unpaired) electrons. The Morgan fingerprint density at radius 3 is 2.67 bits per heavy atom. The molecule has 1 unspecified atom stereocenters. The first-order valence-electron chi connectivity index (χ1n) is 6.38. The molecule has 5 nitrogen and oxygen atoms in total. The molecule has 3 N–H and O–H groups in total. The predicted octanol–water partition coefficient (Wildman–Crippen LogP) is 2.98. The predicted molar refractivity (Wildman–Crippen MR) is 87.9 cm³/mol. The maximum Gasteiger partial charge on any atom is 0.141 e. The molecule has 0 spiro atoms. The Morgan fingerprint density at radius 2 is 2.14 bits per heavy atom. The summed E-state index contributed by atoms with van der Waals surface area (Å²) in [6.07, 6.45) is 0.699. The molecule has 1 atom stereocenters. The van der Waals surface area contributed by atoms with Crippen molar-refractivity contribution in [2.24, 2.45) is 5.84 Å². The lowest BCUT2D eigenvalue weighted by Crippen LogP contribution is -2.30. The number of halogens is 1. The SMILES string of the molecule is COc1ccc(C(Cc2nc(C)cs2)NN)c(OC)c1Br. The highest BCUT2D eigenvalue weighted by atomic mass is 79.9. The van der Waals surface area contributed by atoms with Crippen LogP contribution in [0.3, 0.4) is 0 Å². The second-order valence-corrected chi connectivity index (χ2v) is 6.25. The molecule has 0 aliphatic heterocycles. The van der Waals surface area contributed by atoms with E-state index in [-0.39, 0.29) is 6.04 Å². The number of methoxy groups -OCH3 is 2. The maximum absolute atomic E-state index is 5.73. The topological polar surface area (TPSA) is 69.4 Å². The number of benzene rings is 1. The van der Waals surface area contributed by atoms with Crippen LogP contribution in [-0.2, 0) is 6.42 Å². The molecule has 2 rings (SSSR count). The number of rotatable bonds is 6. The standard InChI is InChI=1S/C14H18BrN3O2S/c1-8-7-21-12(17-8)6-10(18-16)9-4-5-11(19-2)13(15)14(9)20-3/h4-5,7,10,18H,6,16H2,1-3H3. The largest absolute Gasteiger partial charge is 0.495 e. The highest BCUT2D eigenvalue weighted by Gasteiger charge is 2.21. The van der Waals surface area contributed by atoms with Gasteiger partial charge in [-0.15, -0.1) is 11.3 Å². The first-order chi connectivity index (χ1) is 10.1. The van der Waals surface area contributed by atoms with Crippen LogP contribution in [0.1, 0.15) is 22.3 Å². The van der Waals surface area contributed by atoms with Crippen LogP contribution in [0.4, 0.5) is 0 Å². The number of thiazole rings is 1. The minimum absolute atomic E-state index is 0.0901. The van der Waals surface area contributed by atoms with Gasteiger partial charge in [-0.25, -0.2) is 4.98 Å². The van der Waals surface area contributed by atoms with Crippen LogP contribution in [0.5, 0.6) is 11.5 Å². The zero-order valence-electron chi connectivity index (χ0n) is 12.1. The summed E-state index contributed by atoms with van der Waals surface area (Å²) >= 11 is 5.14. The molecule has 1 aromatic carbocycles. The van der Waals surface area contributed by atoms with E-state index in [2.05, 4.69) is 26.3 Å². The minimum atomic E-state index is -0.0901. The lowest BCUT2D eigenvalue weighted by molar-refractivity contribution is 0.379. The average molecular weight is 372 g/mol. The van der Waals surface area contributed by atoms with Crippen LogP contribution < -0.4 is 20.7 Å². The highest BCUT2D eigenvalue weighted by Crippen LogP contribution is 2.40. The zero-order chi connectivity index (χ0) is 15.4. The number of hydrogen-bond donors (Lipinski definition) is 2. The third-order valence-corrected chi connectivity index (χ3v) is 4.88. The monoisotopic (exact) mass is 371 g/mol. The number of hydrogen-bond acceptors (Lipinski definition) is 6. The molecule has 0 saturated carbocycles. The Kier molecular flexibility index (Phi) is 5.58. The van der Waals surface area contributed by atoms with Crippen LogP contribution in [0, 0.1) is 6.92 Å². The number of nitrogens with zero attached hydrogens (tertiary/aromatic N) is 1. The summed E-state index contributed by atoms with van der Waals surface area (Å²) in [5.74, 6) is 7.16. The molecule has 0 bridgehead atoms. The average Bonchev–Trinajstić information content (AvgIpc) is 2.89. The van der Waals surface area contributed by atoms with E-state index in [1.54, 1.807) is 25.6 Å². The fourth-order valence-electron chi connectivity index (χ4n) is 2.12. The number of aryl methyl sites for hydroxylation is 1. The molecule has 0 aliphatic carbocycles. The van der Waals surface area contributed by atoms with Crippen molar-refractivity contribution in [2.75, 3.05) is 14.2 Å². The molecule has 1 heterocycles. The molecule has 0 fully saturated rings. The van der Waals surface area contributed by atoms with Gasteiger partial charge in [-0.2, -0.15) is 0 Å². The van der Waals surface area contributed by atoms with Gasteiger partial charge in [0.1, 0.15) is 16.0 Å². The van der Waals surface area contributed by atoms with E-state index in [4.69, 9.17) is 15.3 Å². The number of nitrogens with two attached hydrogens (primary N) is 1. The molecule has 114 valence electrons. The summed E-state index contributed by atoms with van der Waals surface area (Å²) in [6.45, 7) is 1.98. The van der Waals surface area contributed by atoms with Gasteiger partial charge in [0.15, 0.2) is 0 Å². The quantitative estimate of drug-likeness (QED) is 0.603. The Morgan fingerprint density at radius 1 is 1.38 bits per heavy atom. The van der Waals surface area contributed by atoms with Gasteiger partial charge in [-0.05, 0) is 35.0 Å². The van der Waals surface area contributed by atoms with Gasteiger partial charge in [0, 0.05) is 23.1 Å². The van der Waals surface area contributed by atoms with Gasteiger partial charge < -0.3 is 9.47 Å². The summed E-state index contributed by atoms with van der Waals surface area (Å²) < 4.78 is 11.6. The second kappa shape index (κ2) is 7.22. The smallest absolute Gasteiger partial charge is 0.141 e. The van der Waals surface area contributed by atoms with Crippen molar-refractivity contribution in [1.82, 2.24) is 10.4 Å². The van der Waals surface area contributed by atoms with E-state index >= 15 is 0 Å². The van der Waals surface area contributed by atoms with Gasteiger partial charge in [-0.1, -0.05) is 0 Å². The van der Waals surface area contributed by atoms with Crippen molar-refractivity contribution < 1.29 is 9.47 Å². The number of ether oxygens (including phenoxy) is 2. The third kappa shape index (κ3) is 3.55. The van der Waals surface area contributed by atoms with Gasteiger partial charge in [0.25, 0.3) is 0 Å². The normalized spacial score (nSPS) is 12.2. The van der Waals surface area contributed by atoms with E-state index in [0.717, 1.165) is 26.5 Å². The minimum Gasteiger partial charge on any atom is -0.495 e. The Bertz CT molecular complexity index is 618. The van der Waals surface area contributed by atoms with Crippen LogP contribution in [0.15, 0.2) is 22.0 Å². The molecule has 0 amide bonds. The Hall–Kier alpha value is -1.15. The van der Waals surface area contributed by atoms with Crippen molar-refractivity contribution in [3.63, 3.8) is 0 Å². The fourth-order valence-corrected chi connectivity index (χ4v) is 3.63. The third-order valence-electron chi connectivity index (χ3n) is 3.14. The van der Waals surface area contributed by atoms with Crippen molar-refractivity contribution >= 4 is 27.3 Å². The maximum atomic E-state index is 5.73. The van der Waals surface area contributed by atoms with Crippen molar-refractivity contribution in [3.05, 3.63) is 38.3 Å². The molecule has 0 aliphatic rings. The fraction of sp³-hybridized carbons (Fsp3) is 0.357. The molecule has 1 aromatic heterocycles. The molecule has 21 heavy (non-hydrogen) atoms. The van der Waals surface area contributed by atoms with E-state index in [9.17, 15) is 0 Å². The second-order valence-electron chi connectivity index (χ2n) is 4.51. The Labute approximate surface area is 136 Å². The molecular formula is C14H18BrN3O2S. The Balaban J connectivity index is 2.35. The summed E-state index contributed by atoms with van der Waals surface area (Å²) in [5.41, 5.74) is 4.82. The lowest BCUT2D eigenvalue weighted by Gasteiger charge is -2.20. The highest BCUT2D eigenvalue weighted by molar-refractivity contribution is 9.10. The zero-order valence-corrected chi connectivity index (χ0v) is 14.5. The van der Waals surface area contributed by atoms with Gasteiger partial charge in [0.05, 0.1) is 25.3 Å². The van der Waals surface area contributed by atoms with Crippen molar-refractivity contribution in [1.29, 1.82) is 0 Å². The van der Waals surface area contributed by atoms with Gasteiger partial charge >= 0.3 is 0 Å². The molecule has 0 saturated heterocycles. The van der Waals surface area contributed by atoms with Gasteiger partial charge in [0.2, 0.25) is 0 Å². The van der Waals surface area contributed by atoms with Crippen LogP contribution in [-0.4, -0.2) is 19.2 Å². The first kappa shape index (κ1) is 16.2. The van der Waals surface area contributed by atoms with E-state index < -0.39 is 0 Å². The van der Waals surface area contributed by atoms with E-state index in [0.29, 0.717) is 12.2 Å². The van der Waals surface area contributed by atoms with Crippen molar-refractivity contribution in [3.8, 4) is 11.5 Å². The van der Waals surface area contributed by atoms with E-state index in [1.807, 2.05) is 24.4 Å². The number of nitrogens with one attached hydrogen (secondary N) is 1. The van der Waals surface area contributed by atoms with Gasteiger partial charge in [-0.3, -0.25) is 11.3 Å². The van der Waals surface area contributed by atoms with Crippen LogP contribution >= 0.6 is 27.3 Å². The summed E-state index contributed by atoms with van der Waals surface area (Å²) in [7, 11) is 3.25. The number of aromatic nitrogens is 1. The number of hydrazine groups is 1. The van der Waals surface area contributed by atoms with Crippen molar-refractivity contribution in [2.45, 2.75) is 19.4 Å². The summed E-state index contributed by atoms with van der Waals surface area (Å²) in [6, 6.07) is 3.75. The van der Waals surface area contributed by atoms with Crippen LogP contribution in [0.25, 0.3) is 0 Å². The molecular weight excluding hydrogens is 354 g/mol. The molecule has 2 aromatic rings. The van der Waals surface area contributed by atoms with Crippen LogP contribution in [0.2, 0.25) is 0 Å².